The van der Waals surface area contributed by atoms with Crippen LogP contribution in [0.2, 0.25) is 27.3 Å². The van der Waals surface area contributed by atoms with Crippen LogP contribution in [-0.4, -0.2) is 147 Å². The molecule has 0 unspecified atom stereocenters. The Morgan fingerprint density at radius 1 is 0.682 bits per heavy atom. The van der Waals surface area contributed by atoms with E-state index in [-0.39, 0.29) is 64.5 Å². The molecule has 0 saturated heterocycles. The predicted molar refractivity (Wildman–Crippen MR) is 198 cm³/mol. The van der Waals surface area contributed by atoms with Crippen LogP contribution in [0.3, 0.4) is 0 Å². The molecule has 0 aromatic carbocycles. The van der Waals surface area contributed by atoms with Crippen molar-refractivity contribution < 1.29 is 42.9 Å². The van der Waals surface area contributed by atoms with E-state index in [2.05, 4.69) is 51.5 Å². The first-order valence-corrected chi connectivity index (χ1v) is 18.7. The van der Waals surface area contributed by atoms with Crippen LogP contribution in [0, 0.1) is 0 Å². The van der Waals surface area contributed by atoms with Gasteiger partial charge in [0.1, 0.15) is 0 Å². The number of aliphatic hydroxyl groups excluding tert-OH is 2. The van der Waals surface area contributed by atoms with Crippen LogP contribution in [0.25, 0.3) is 0 Å². The number of rotatable bonds is 17. The second kappa shape index (κ2) is 38.2. The molecule has 268 valence electrons. The van der Waals surface area contributed by atoms with Crippen LogP contribution < -0.4 is 26.6 Å². The van der Waals surface area contributed by atoms with Gasteiger partial charge in [0, 0.05) is 41.7 Å². The van der Waals surface area contributed by atoms with E-state index >= 15 is 0 Å². The molecule has 0 aromatic rings. The molecular formula is C22H64B4ClN5O9S3. The molecule has 44 heavy (non-hydrogen) atoms. The first-order chi connectivity index (χ1) is 19.6. The molecule has 0 aliphatic heterocycles. The van der Waals surface area contributed by atoms with Crippen molar-refractivity contribution in [3.8, 4) is 0 Å². The Morgan fingerprint density at radius 3 is 1.14 bits per heavy atom. The van der Waals surface area contributed by atoms with E-state index in [9.17, 15) is 8.42 Å². The summed E-state index contributed by atoms with van der Waals surface area (Å²) in [5.41, 5.74) is 5.04. The Morgan fingerprint density at radius 2 is 0.955 bits per heavy atom. The minimum Gasteiger partial charge on any atom is -0.437 e. The van der Waals surface area contributed by atoms with E-state index in [4.69, 9.17) is 36.0 Å². The molecule has 22 heteroatoms. The maximum Gasteiger partial charge on any atom is 0.373 e. The Balaban J connectivity index is -0.000000104. The van der Waals surface area contributed by atoms with E-state index in [1.807, 2.05) is 0 Å². The molecule has 5 atom stereocenters. The standard InChI is InChI=1S/C5H14BNO4S.2C5H14BNOS.C4H12BNO2.C3H9NO.ClH/c1-5(7-6(2)8)4-11-12(3,9)10;2*1-5(4-9-3)7-6(2)8;1-4(3-7)6-5(2)8;1-3(4)2-5;/h5,7-8H,4H2,1-3H3;2*5,7-8H,4H2,1-3H3;4,6-8H,3H2,1-2H3;3,5H,2,4H2,1H3;1H/t3*5-;4-;3-;/m00001./s1. The Hall–Kier alpha value is 0.720. The van der Waals surface area contributed by atoms with Gasteiger partial charge in [0.25, 0.3) is 10.1 Å². The van der Waals surface area contributed by atoms with Crippen LogP contribution >= 0.6 is 35.9 Å². The second-order valence-corrected chi connectivity index (χ2v) is 13.7. The van der Waals surface area contributed by atoms with E-state index in [0.717, 1.165) is 17.8 Å². The largest absolute Gasteiger partial charge is 0.437 e. The first-order valence-electron chi connectivity index (χ1n) is 14.1. The van der Waals surface area contributed by atoms with Crippen molar-refractivity contribution >= 4 is 74.3 Å². The fourth-order valence-electron chi connectivity index (χ4n) is 2.57. The Bertz CT molecular complexity index is 657. The van der Waals surface area contributed by atoms with Gasteiger partial charge in [-0.15, -0.1) is 12.4 Å². The van der Waals surface area contributed by atoms with Crippen LogP contribution in [0.15, 0.2) is 0 Å². The highest BCUT2D eigenvalue weighted by Crippen LogP contribution is 1.96. The summed E-state index contributed by atoms with van der Waals surface area (Å²) in [5, 5.41) is 62.9. The molecule has 0 heterocycles. The molecule has 0 amide bonds. The average molecular weight is 718 g/mol. The van der Waals surface area contributed by atoms with E-state index in [0.29, 0.717) is 12.1 Å². The SMILES string of the molecule is CB(O)N[C@@H](C)CO.CB(O)N[C@@H](C)COS(C)(=O)=O.CSC[C@H](C)NB(C)O.CSC[C@H](C)NB(C)O.C[C@@H](N)CO.Cl. The van der Waals surface area contributed by atoms with Crippen LogP contribution in [0.1, 0.15) is 34.6 Å². The molecular weight excluding hydrogens is 653 g/mol. The summed E-state index contributed by atoms with van der Waals surface area (Å²) in [6, 6.07) is 0.532. The lowest BCUT2D eigenvalue weighted by atomic mass is 9.88. The molecule has 0 spiro atoms. The zero-order valence-electron chi connectivity index (χ0n) is 28.9. The van der Waals surface area contributed by atoms with Crippen molar-refractivity contribution in [1.82, 2.24) is 20.9 Å². The van der Waals surface area contributed by atoms with Gasteiger partial charge in [-0.05, 0) is 74.4 Å². The number of thioether (sulfide) groups is 2. The third-order valence-corrected chi connectivity index (χ3v) is 6.26. The van der Waals surface area contributed by atoms with Crippen molar-refractivity contribution in [2.45, 2.75) is 92.1 Å². The van der Waals surface area contributed by atoms with E-state index in [1.165, 1.54) is 0 Å². The normalized spacial score (nSPS) is 13.5. The summed E-state index contributed by atoms with van der Waals surface area (Å²) in [4.78, 5) is 0. The fraction of sp³-hybridized carbons (Fsp3) is 1.00. The number of halogens is 1. The summed E-state index contributed by atoms with van der Waals surface area (Å²) < 4.78 is 25.5. The smallest absolute Gasteiger partial charge is 0.373 e. The van der Waals surface area contributed by atoms with Gasteiger partial charge in [0.15, 0.2) is 0 Å². The van der Waals surface area contributed by atoms with Crippen molar-refractivity contribution in [1.29, 1.82) is 0 Å². The third kappa shape index (κ3) is 69.5. The molecule has 0 fully saturated rings. The van der Waals surface area contributed by atoms with E-state index < -0.39 is 24.2 Å². The quantitative estimate of drug-likeness (QED) is 0.0622. The van der Waals surface area contributed by atoms with Gasteiger partial charge in [-0.3, -0.25) is 4.18 Å². The maximum absolute atomic E-state index is 10.5. The number of hydrogen-bond donors (Lipinski definition) is 11. The Kier molecular flexibility index (Phi) is 49.5. The van der Waals surface area contributed by atoms with Gasteiger partial charge in [0.05, 0.1) is 26.1 Å². The lowest BCUT2D eigenvalue weighted by molar-refractivity contribution is 0.262. The van der Waals surface area contributed by atoms with Crippen LogP contribution in [0.4, 0.5) is 0 Å². The predicted octanol–water partition coefficient (Wildman–Crippen LogP) is -1.26. The number of nitrogens with two attached hydrogens (primary N) is 1. The zero-order chi connectivity index (χ0) is 35.2. The molecule has 0 saturated carbocycles. The molecule has 0 aromatic heterocycles. The number of hydrogen-bond acceptors (Lipinski definition) is 16. The fourth-order valence-corrected chi connectivity index (χ4v) is 4.21. The van der Waals surface area contributed by atoms with Gasteiger partial charge >= 0.3 is 28.2 Å². The van der Waals surface area contributed by atoms with Crippen molar-refractivity contribution in [3.63, 3.8) is 0 Å². The highest BCUT2D eigenvalue weighted by molar-refractivity contribution is 7.98. The van der Waals surface area contributed by atoms with Crippen molar-refractivity contribution in [2.75, 3.05) is 50.1 Å². The minimum atomic E-state index is -3.38. The van der Waals surface area contributed by atoms with Gasteiger partial charge < -0.3 is 57.0 Å². The van der Waals surface area contributed by atoms with Crippen molar-refractivity contribution in [3.05, 3.63) is 0 Å². The van der Waals surface area contributed by atoms with Gasteiger partial charge in [-0.1, -0.05) is 0 Å². The summed E-state index contributed by atoms with van der Waals surface area (Å²) in [6.07, 6.45) is 5.10. The topological polar surface area (TPSA) is 239 Å². The number of nitrogens with one attached hydrogen (secondary N) is 4. The minimum absolute atomic E-state index is 0. The van der Waals surface area contributed by atoms with E-state index in [1.54, 1.807) is 71.6 Å². The molecule has 0 bridgehead atoms. The van der Waals surface area contributed by atoms with Crippen molar-refractivity contribution in [2.24, 2.45) is 5.73 Å². The highest BCUT2D eigenvalue weighted by atomic mass is 35.5. The summed E-state index contributed by atoms with van der Waals surface area (Å²) in [5.74, 6) is 2.09. The molecule has 0 aliphatic carbocycles. The highest BCUT2D eigenvalue weighted by Gasteiger charge is 2.11. The first kappa shape index (κ1) is 57.0. The zero-order valence-corrected chi connectivity index (χ0v) is 32.1. The second-order valence-electron chi connectivity index (χ2n) is 10.2. The average Bonchev–Trinajstić information content (AvgIpc) is 2.82. The van der Waals surface area contributed by atoms with Crippen LogP contribution in [0.5, 0.6) is 0 Å². The van der Waals surface area contributed by atoms with Gasteiger partial charge in [0.2, 0.25) is 0 Å². The summed E-state index contributed by atoms with van der Waals surface area (Å²) in [7, 11) is -5.34. The lowest BCUT2D eigenvalue weighted by Crippen LogP contribution is -2.41. The molecule has 12 N–H and O–H groups in total. The molecule has 0 rings (SSSR count). The maximum atomic E-state index is 10.5. The summed E-state index contributed by atoms with van der Waals surface area (Å²) >= 11 is 3.56. The molecule has 0 radical (unpaired) electrons. The lowest BCUT2D eigenvalue weighted by Gasteiger charge is -2.12. The molecule has 14 nitrogen and oxygen atoms in total. The summed E-state index contributed by atoms with van der Waals surface area (Å²) in [6.45, 7) is 16.2. The van der Waals surface area contributed by atoms with Gasteiger partial charge in [-0.2, -0.15) is 31.9 Å². The van der Waals surface area contributed by atoms with Gasteiger partial charge in [-0.25, -0.2) is 0 Å². The van der Waals surface area contributed by atoms with Crippen LogP contribution in [-0.2, 0) is 14.3 Å². The monoisotopic (exact) mass is 717 g/mol. The molecule has 0 aliphatic rings. The Labute approximate surface area is 285 Å². The third-order valence-electron chi connectivity index (χ3n) is 4.03. The number of aliphatic hydroxyl groups is 2.